The van der Waals surface area contributed by atoms with Gasteiger partial charge >= 0.3 is 68.5 Å². The first-order valence-corrected chi connectivity index (χ1v) is 0. The molecule has 0 aliphatic carbocycles. The van der Waals surface area contributed by atoms with E-state index >= 15 is 0 Å². The van der Waals surface area contributed by atoms with E-state index in [0.29, 0.717) is 0 Å². The molecule has 0 atom stereocenters. The number of hydrogen-bond donors (Lipinski definition) is 0. The number of hydrogen-bond acceptors (Lipinski definition) is 0. The first kappa shape index (κ1) is 35.8. The van der Waals surface area contributed by atoms with Gasteiger partial charge in [-0.1, -0.05) is 0 Å². The van der Waals surface area contributed by atoms with Crippen molar-refractivity contribution in [1.29, 1.82) is 0 Å². The molecule has 18 valence electrons. The first-order chi connectivity index (χ1) is 0. The summed E-state index contributed by atoms with van der Waals surface area (Å²) < 4.78 is 0. The fourth-order valence-electron chi connectivity index (χ4n) is 0. The molecule has 0 fully saturated rings. The fourth-order valence-corrected chi connectivity index (χ4v) is 0. The average molecular weight is 339 g/mol. The molecule has 0 aliphatic rings. The van der Waals surface area contributed by atoms with Gasteiger partial charge in [0.1, 0.15) is 0 Å². The van der Waals surface area contributed by atoms with Crippen LogP contribution in [0.2, 0.25) is 0 Å². The van der Waals surface area contributed by atoms with E-state index in [2.05, 4.69) is 0 Å². The molecule has 0 rings (SSSR count). The van der Waals surface area contributed by atoms with Gasteiger partial charge < -0.3 is 8.33 Å². The summed E-state index contributed by atoms with van der Waals surface area (Å²) in [4.78, 5) is 0. The molecular formula is H2GaLaMgOSr. The minimum Gasteiger partial charge on any atom is -2.00 e. The molecule has 0 heterocycles. The fraction of sp³-hybridized carbons (Fsp3) is 0. The summed E-state index contributed by atoms with van der Waals surface area (Å²) in [6, 6.07) is 0. The smallest absolute Gasteiger partial charge is 2.00 e. The van der Waals surface area contributed by atoms with Crippen LogP contribution in [0.1, 0.15) is 2.85 Å². The second kappa shape index (κ2) is 24.4. The molecule has 0 spiro atoms. The third-order valence-corrected chi connectivity index (χ3v) is 0. The summed E-state index contributed by atoms with van der Waals surface area (Å²) >= 11 is 0. The third-order valence-electron chi connectivity index (χ3n) is 0. The quantitative estimate of drug-likeness (QED) is 0.505. The summed E-state index contributed by atoms with van der Waals surface area (Å²) in [5, 5.41) is 0. The predicted octanol–water partition coefficient (Wildman–Crippen LogP) is -1.04. The molecule has 5 heavy (non-hydrogen) atoms. The molecule has 0 unspecified atom stereocenters. The second-order valence-electron chi connectivity index (χ2n) is 0. The summed E-state index contributed by atoms with van der Waals surface area (Å²) in [5.41, 5.74) is 0. The molecule has 5 heteroatoms. The molecule has 0 amide bonds. The molecule has 0 aliphatic heterocycles. The van der Waals surface area contributed by atoms with Crippen LogP contribution < -0.4 is 0 Å². The number of rotatable bonds is 0. The molecule has 4 radical (unpaired) electrons. The Morgan fingerprint density at radius 1 is 1.20 bits per heavy atom. The maximum Gasteiger partial charge on any atom is 2.00 e. The Morgan fingerprint density at radius 3 is 1.20 bits per heavy atom. The van der Waals surface area contributed by atoms with Crippen LogP contribution in [0.25, 0.3) is 0 Å². The van der Waals surface area contributed by atoms with Gasteiger partial charge in [-0.25, -0.2) is 0 Å². The van der Waals surface area contributed by atoms with Crippen molar-refractivity contribution in [2.24, 2.45) is 0 Å². The van der Waals surface area contributed by atoms with Gasteiger partial charge in [0.25, 0.3) is 0 Å². The molecule has 0 bridgehead atoms. The van der Waals surface area contributed by atoms with E-state index in [-0.39, 0.29) is 132 Å². The SMILES string of the molecule is [Ga].[H-].[H-].[La].[Mg+2].[O-2].[Sr+2]. The zero-order valence-electron chi connectivity index (χ0n) is 4.98. The van der Waals surface area contributed by atoms with Gasteiger partial charge in [-0.05, 0) is 0 Å². The van der Waals surface area contributed by atoms with Crippen LogP contribution in [0.15, 0.2) is 0 Å². The maximum absolute atomic E-state index is 0. The van der Waals surface area contributed by atoms with Crippen molar-refractivity contribution in [2.45, 2.75) is 0 Å². The van der Waals surface area contributed by atoms with Gasteiger partial charge in [-0.15, -0.1) is 0 Å². The van der Waals surface area contributed by atoms with Crippen LogP contribution in [-0.4, -0.2) is 88.3 Å². The minimum absolute atomic E-state index is 0. The Morgan fingerprint density at radius 2 is 1.20 bits per heavy atom. The Labute approximate surface area is 129 Å². The Hall–Kier alpha value is 4.04. The topological polar surface area (TPSA) is 28.5 Å². The molecular weight excluding hydrogens is 337 g/mol. The monoisotopic (exact) mass is 338 g/mol. The Bertz CT molecular complexity index is 17.7. The van der Waals surface area contributed by atoms with E-state index in [1.807, 2.05) is 0 Å². The predicted molar refractivity (Wildman–Crippen MR) is 20.2 cm³/mol. The van der Waals surface area contributed by atoms with Gasteiger partial charge in [0.2, 0.25) is 0 Å². The van der Waals surface area contributed by atoms with Crippen LogP contribution in [0.4, 0.5) is 0 Å². The van der Waals surface area contributed by atoms with Crippen molar-refractivity contribution >= 4 is 88.3 Å². The molecule has 0 aromatic heterocycles. The van der Waals surface area contributed by atoms with Gasteiger partial charge in [0.15, 0.2) is 0 Å². The molecule has 0 N–H and O–H groups in total. The first-order valence-electron chi connectivity index (χ1n) is 0. The van der Waals surface area contributed by atoms with Gasteiger partial charge in [-0.2, -0.15) is 0 Å². The normalized spacial score (nSPS) is 0. The molecule has 0 aromatic rings. The summed E-state index contributed by atoms with van der Waals surface area (Å²) in [6.07, 6.45) is 0. The Kier molecular flexibility index (Phi) is 175. The van der Waals surface area contributed by atoms with E-state index < -0.39 is 0 Å². The zero-order chi connectivity index (χ0) is 0. The molecule has 0 saturated carbocycles. The van der Waals surface area contributed by atoms with E-state index in [1.54, 1.807) is 0 Å². The zero-order valence-corrected chi connectivity index (χ0v) is 13.9. The van der Waals surface area contributed by atoms with Gasteiger partial charge in [0, 0.05) is 55.4 Å². The van der Waals surface area contributed by atoms with Crippen LogP contribution in [0, 0.1) is 35.6 Å². The largest absolute Gasteiger partial charge is 2.00 e. The average Bonchev–Trinajstić information content (AvgIpc) is 0. The van der Waals surface area contributed by atoms with E-state index in [9.17, 15) is 0 Å². The molecule has 1 nitrogen and oxygen atoms in total. The summed E-state index contributed by atoms with van der Waals surface area (Å²) in [7, 11) is 0. The van der Waals surface area contributed by atoms with Crippen molar-refractivity contribution in [3.05, 3.63) is 0 Å². The summed E-state index contributed by atoms with van der Waals surface area (Å²) in [5.74, 6) is 0. The van der Waals surface area contributed by atoms with E-state index in [1.165, 1.54) is 0 Å². The molecule has 0 aromatic carbocycles. The maximum atomic E-state index is 0. The van der Waals surface area contributed by atoms with Crippen molar-refractivity contribution in [2.75, 3.05) is 0 Å². The van der Waals surface area contributed by atoms with Gasteiger partial charge in [-0.3, -0.25) is 0 Å². The van der Waals surface area contributed by atoms with Crippen molar-refractivity contribution < 1.29 is 43.9 Å². The van der Waals surface area contributed by atoms with Crippen molar-refractivity contribution in [1.82, 2.24) is 0 Å². The summed E-state index contributed by atoms with van der Waals surface area (Å²) in [6.45, 7) is 0. The molecule has 0 saturated heterocycles. The van der Waals surface area contributed by atoms with Crippen LogP contribution in [0.3, 0.4) is 0 Å². The third kappa shape index (κ3) is 18.0. The van der Waals surface area contributed by atoms with Crippen molar-refractivity contribution in [3.63, 3.8) is 0 Å². The van der Waals surface area contributed by atoms with E-state index in [4.69, 9.17) is 0 Å². The van der Waals surface area contributed by atoms with Crippen LogP contribution >= 0.6 is 0 Å². The van der Waals surface area contributed by atoms with Gasteiger partial charge in [0.05, 0.1) is 0 Å². The standard InChI is InChI=1S/Ga.La.Mg.O.Sr.2H/q;;+2;-2;+2;2*-1. The minimum atomic E-state index is 0. The second-order valence-corrected chi connectivity index (χ2v) is 0. The van der Waals surface area contributed by atoms with E-state index in [0.717, 1.165) is 0 Å². The van der Waals surface area contributed by atoms with Crippen molar-refractivity contribution in [3.8, 4) is 0 Å². The van der Waals surface area contributed by atoms with Crippen LogP contribution in [-0.2, 0) is 5.48 Å². The van der Waals surface area contributed by atoms with Crippen LogP contribution in [0.5, 0.6) is 0 Å². The Balaban J connectivity index is 0.